The molecule has 0 amide bonds. The molecule has 1 heterocycles. The van der Waals surface area contributed by atoms with E-state index in [2.05, 4.69) is 46.7 Å². The second kappa shape index (κ2) is 4.79. The lowest BCUT2D eigenvalue weighted by Crippen LogP contribution is -2.00. The van der Waals surface area contributed by atoms with E-state index in [0.29, 0.717) is 0 Å². The standard InChI is InChI=1S/C14H16N2/c1-11-8-14(9-12(2)16-11)15-10-13-6-4-3-5-7-13/h3-9H,10H2,1-2H3,(H,15,16). The maximum absolute atomic E-state index is 4.35. The highest BCUT2D eigenvalue weighted by molar-refractivity contribution is 5.45. The van der Waals surface area contributed by atoms with Crippen LogP contribution in [0.2, 0.25) is 0 Å². The van der Waals surface area contributed by atoms with Crippen LogP contribution in [0.25, 0.3) is 0 Å². The Morgan fingerprint density at radius 3 is 2.25 bits per heavy atom. The van der Waals surface area contributed by atoms with E-state index in [1.54, 1.807) is 0 Å². The molecule has 82 valence electrons. The third-order valence-corrected chi connectivity index (χ3v) is 2.42. The van der Waals surface area contributed by atoms with Crippen LogP contribution in [0.3, 0.4) is 0 Å². The molecular formula is C14H16N2. The number of aryl methyl sites for hydroxylation is 2. The van der Waals surface area contributed by atoms with Crippen LogP contribution in [0.5, 0.6) is 0 Å². The van der Waals surface area contributed by atoms with Gasteiger partial charge in [-0.1, -0.05) is 30.3 Å². The van der Waals surface area contributed by atoms with Gasteiger partial charge in [0.1, 0.15) is 0 Å². The van der Waals surface area contributed by atoms with E-state index in [-0.39, 0.29) is 0 Å². The Kier molecular flexibility index (Phi) is 3.20. The monoisotopic (exact) mass is 212 g/mol. The molecular weight excluding hydrogens is 196 g/mol. The van der Waals surface area contributed by atoms with E-state index in [0.717, 1.165) is 23.6 Å². The summed E-state index contributed by atoms with van der Waals surface area (Å²) in [6, 6.07) is 14.5. The summed E-state index contributed by atoms with van der Waals surface area (Å²) < 4.78 is 0. The van der Waals surface area contributed by atoms with Crippen LogP contribution >= 0.6 is 0 Å². The first-order chi connectivity index (χ1) is 7.74. The summed E-state index contributed by atoms with van der Waals surface area (Å²) in [5.41, 5.74) is 4.52. The van der Waals surface area contributed by atoms with Crippen molar-refractivity contribution in [3.63, 3.8) is 0 Å². The first-order valence-electron chi connectivity index (χ1n) is 5.47. The molecule has 2 rings (SSSR count). The van der Waals surface area contributed by atoms with Crippen molar-refractivity contribution in [2.45, 2.75) is 20.4 Å². The van der Waals surface area contributed by atoms with E-state index in [1.807, 2.05) is 19.9 Å². The predicted molar refractivity (Wildman–Crippen MR) is 67.5 cm³/mol. The Morgan fingerprint density at radius 1 is 1.00 bits per heavy atom. The Morgan fingerprint density at radius 2 is 1.62 bits per heavy atom. The molecule has 0 saturated carbocycles. The summed E-state index contributed by atoms with van der Waals surface area (Å²) >= 11 is 0. The summed E-state index contributed by atoms with van der Waals surface area (Å²) in [6.07, 6.45) is 0. The van der Waals surface area contributed by atoms with E-state index in [9.17, 15) is 0 Å². The lowest BCUT2D eigenvalue weighted by molar-refractivity contribution is 1.09. The van der Waals surface area contributed by atoms with Gasteiger partial charge in [-0.25, -0.2) is 0 Å². The summed E-state index contributed by atoms with van der Waals surface area (Å²) in [5, 5.41) is 3.40. The zero-order valence-electron chi connectivity index (χ0n) is 9.70. The molecule has 0 spiro atoms. The Bertz CT molecular complexity index is 443. The Hall–Kier alpha value is -1.83. The maximum Gasteiger partial charge on any atom is 0.0400 e. The van der Waals surface area contributed by atoms with Crippen molar-refractivity contribution in [3.05, 3.63) is 59.4 Å². The number of rotatable bonds is 3. The third-order valence-electron chi connectivity index (χ3n) is 2.42. The summed E-state index contributed by atoms with van der Waals surface area (Å²) in [4.78, 5) is 4.35. The van der Waals surface area contributed by atoms with E-state index in [1.165, 1.54) is 5.56 Å². The van der Waals surface area contributed by atoms with Crippen LogP contribution in [-0.2, 0) is 6.54 Å². The lowest BCUT2D eigenvalue weighted by atomic mass is 10.2. The molecule has 2 heteroatoms. The van der Waals surface area contributed by atoms with Crippen molar-refractivity contribution in [3.8, 4) is 0 Å². The van der Waals surface area contributed by atoms with Crippen molar-refractivity contribution in [1.82, 2.24) is 4.98 Å². The number of anilines is 1. The topological polar surface area (TPSA) is 24.9 Å². The van der Waals surface area contributed by atoms with Gasteiger partial charge in [-0.05, 0) is 31.5 Å². The van der Waals surface area contributed by atoms with Gasteiger partial charge in [0.15, 0.2) is 0 Å². The van der Waals surface area contributed by atoms with Gasteiger partial charge < -0.3 is 5.32 Å². The molecule has 1 aromatic heterocycles. The number of aromatic nitrogens is 1. The summed E-state index contributed by atoms with van der Waals surface area (Å²) in [5.74, 6) is 0. The number of nitrogens with zero attached hydrogens (tertiary/aromatic N) is 1. The zero-order chi connectivity index (χ0) is 11.4. The molecule has 0 fully saturated rings. The summed E-state index contributed by atoms with van der Waals surface area (Å²) in [7, 11) is 0. The normalized spacial score (nSPS) is 10.1. The van der Waals surface area contributed by atoms with Crippen molar-refractivity contribution in [2.24, 2.45) is 0 Å². The highest BCUT2D eigenvalue weighted by Gasteiger charge is 1.96. The minimum absolute atomic E-state index is 0.851. The van der Waals surface area contributed by atoms with E-state index >= 15 is 0 Å². The highest BCUT2D eigenvalue weighted by atomic mass is 14.9. The molecule has 0 bridgehead atoms. The van der Waals surface area contributed by atoms with Gasteiger partial charge in [-0.3, -0.25) is 4.98 Å². The molecule has 2 nitrogen and oxygen atoms in total. The smallest absolute Gasteiger partial charge is 0.0400 e. The van der Waals surface area contributed by atoms with Crippen molar-refractivity contribution < 1.29 is 0 Å². The van der Waals surface area contributed by atoms with Gasteiger partial charge in [0.2, 0.25) is 0 Å². The van der Waals surface area contributed by atoms with Crippen molar-refractivity contribution in [2.75, 3.05) is 5.32 Å². The van der Waals surface area contributed by atoms with Crippen LogP contribution in [0.1, 0.15) is 17.0 Å². The Labute approximate surface area is 96.4 Å². The maximum atomic E-state index is 4.35. The second-order valence-corrected chi connectivity index (χ2v) is 3.98. The van der Waals surface area contributed by atoms with Gasteiger partial charge in [0.05, 0.1) is 0 Å². The molecule has 0 unspecified atom stereocenters. The third kappa shape index (κ3) is 2.83. The first-order valence-corrected chi connectivity index (χ1v) is 5.47. The number of pyridine rings is 1. The first kappa shape index (κ1) is 10.7. The average molecular weight is 212 g/mol. The minimum Gasteiger partial charge on any atom is -0.381 e. The molecule has 1 aromatic carbocycles. The number of benzene rings is 1. The molecule has 0 aliphatic rings. The Balaban J connectivity index is 2.05. The minimum atomic E-state index is 0.851. The van der Waals surface area contributed by atoms with Gasteiger partial charge in [0, 0.05) is 23.6 Å². The number of nitrogens with one attached hydrogen (secondary N) is 1. The molecule has 0 radical (unpaired) electrons. The second-order valence-electron chi connectivity index (χ2n) is 3.98. The molecule has 0 aliphatic carbocycles. The van der Waals surface area contributed by atoms with Crippen LogP contribution in [0, 0.1) is 13.8 Å². The van der Waals surface area contributed by atoms with E-state index < -0.39 is 0 Å². The predicted octanol–water partition coefficient (Wildman–Crippen LogP) is 3.31. The van der Waals surface area contributed by atoms with E-state index in [4.69, 9.17) is 0 Å². The number of hydrogen-bond donors (Lipinski definition) is 1. The fourth-order valence-corrected chi connectivity index (χ4v) is 1.74. The fourth-order valence-electron chi connectivity index (χ4n) is 1.74. The zero-order valence-corrected chi connectivity index (χ0v) is 9.70. The molecule has 2 aromatic rings. The quantitative estimate of drug-likeness (QED) is 0.844. The number of hydrogen-bond acceptors (Lipinski definition) is 2. The average Bonchev–Trinajstić information content (AvgIpc) is 2.27. The van der Waals surface area contributed by atoms with Crippen molar-refractivity contribution in [1.29, 1.82) is 0 Å². The lowest BCUT2D eigenvalue weighted by Gasteiger charge is -2.08. The van der Waals surface area contributed by atoms with Crippen LogP contribution in [0.15, 0.2) is 42.5 Å². The molecule has 1 N–H and O–H groups in total. The van der Waals surface area contributed by atoms with Gasteiger partial charge >= 0.3 is 0 Å². The highest BCUT2D eigenvalue weighted by Crippen LogP contribution is 2.12. The SMILES string of the molecule is Cc1cc(NCc2ccccc2)cc(C)n1. The van der Waals surface area contributed by atoms with Crippen LogP contribution in [0.4, 0.5) is 5.69 Å². The van der Waals surface area contributed by atoms with Gasteiger partial charge in [-0.2, -0.15) is 0 Å². The van der Waals surface area contributed by atoms with Crippen molar-refractivity contribution >= 4 is 5.69 Å². The van der Waals surface area contributed by atoms with Gasteiger partial charge in [0.25, 0.3) is 0 Å². The fraction of sp³-hybridized carbons (Fsp3) is 0.214. The summed E-state index contributed by atoms with van der Waals surface area (Å²) in [6.45, 7) is 4.88. The van der Waals surface area contributed by atoms with Gasteiger partial charge in [-0.15, -0.1) is 0 Å². The largest absolute Gasteiger partial charge is 0.381 e. The molecule has 16 heavy (non-hydrogen) atoms. The molecule has 0 atom stereocenters. The van der Waals surface area contributed by atoms with Crippen LogP contribution in [-0.4, -0.2) is 4.98 Å². The van der Waals surface area contributed by atoms with Crippen LogP contribution < -0.4 is 5.32 Å². The molecule has 0 aliphatic heterocycles. The molecule has 0 saturated heterocycles.